The fourth-order valence-electron chi connectivity index (χ4n) is 3.71. The minimum absolute atomic E-state index is 0.0582. The van der Waals surface area contributed by atoms with Crippen molar-refractivity contribution in [2.75, 3.05) is 26.2 Å². The maximum atomic E-state index is 12.6. The van der Waals surface area contributed by atoms with E-state index in [9.17, 15) is 14.4 Å². The van der Waals surface area contributed by atoms with Crippen LogP contribution in [-0.4, -0.2) is 53.6 Å². The largest absolute Gasteiger partial charge is 0.339 e. The minimum Gasteiger partial charge on any atom is -0.339 e. The van der Waals surface area contributed by atoms with E-state index in [-0.39, 0.29) is 29.1 Å². The Hall–Kier alpha value is -1.39. The first kappa shape index (κ1) is 18.0. The predicted octanol–water partition coefficient (Wildman–Crippen LogP) is 2.10. The van der Waals surface area contributed by atoms with Crippen molar-refractivity contribution < 1.29 is 14.4 Å². The molecular weight excluding hydrogens is 292 g/mol. The van der Waals surface area contributed by atoms with Gasteiger partial charge in [0.05, 0.1) is 0 Å². The second-order valence-corrected chi connectivity index (χ2v) is 7.99. The van der Waals surface area contributed by atoms with Crippen LogP contribution in [0.1, 0.15) is 53.4 Å². The molecule has 1 aliphatic carbocycles. The molecule has 0 spiro atoms. The highest BCUT2D eigenvalue weighted by Gasteiger charge is 2.36. The van der Waals surface area contributed by atoms with Gasteiger partial charge in [0.15, 0.2) is 0 Å². The smallest absolute Gasteiger partial charge is 0.225 e. The van der Waals surface area contributed by atoms with E-state index in [2.05, 4.69) is 0 Å². The number of piperazine rings is 1. The first-order valence-corrected chi connectivity index (χ1v) is 8.78. The highest BCUT2D eigenvalue weighted by atomic mass is 16.2. The number of Topliss-reactive ketones (excluding diaryl/α,β-unsaturated/α-hetero) is 1. The van der Waals surface area contributed by atoms with Crippen molar-refractivity contribution >= 4 is 17.6 Å². The molecule has 0 aromatic carbocycles. The highest BCUT2D eigenvalue weighted by molar-refractivity contribution is 5.86. The van der Waals surface area contributed by atoms with E-state index in [4.69, 9.17) is 0 Å². The standard InChI is InChI=1S/C18H30N2O3/c1-13(21)19-9-11-20(12-10-19)17(23)15-7-5-14(6-8-15)16(22)18(2,3)4/h14-15H,5-12H2,1-4H3. The lowest BCUT2D eigenvalue weighted by molar-refractivity contribution is -0.143. The van der Waals surface area contributed by atoms with Crippen LogP contribution in [0.25, 0.3) is 0 Å². The van der Waals surface area contributed by atoms with Gasteiger partial charge in [-0.3, -0.25) is 14.4 Å². The topological polar surface area (TPSA) is 57.7 Å². The minimum atomic E-state index is -0.287. The fraction of sp³-hybridized carbons (Fsp3) is 0.833. The second kappa shape index (κ2) is 7.02. The first-order chi connectivity index (χ1) is 10.7. The summed E-state index contributed by atoms with van der Waals surface area (Å²) >= 11 is 0. The molecule has 1 heterocycles. The number of carbonyl (C=O) groups is 3. The van der Waals surface area contributed by atoms with Gasteiger partial charge in [-0.15, -0.1) is 0 Å². The lowest BCUT2D eigenvalue weighted by atomic mass is 9.73. The first-order valence-electron chi connectivity index (χ1n) is 8.78. The number of hydrogen-bond donors (Lipinski definition) is 0. The molecule has 0 aromatic heterocycles. The Morgan fingerprint density at radius 3 is 1.65 bits per heavy atom. The molecule has 0 unspecified atom stereocenters. The number of amides is 2. The summed E-state index contributed by atoms with van der Waals surface area (Å²) in [5.41, 5.74) is -0.287. The van der Waals surface area contributed by atoms with Crippen LogP contribution >= 0.6 is 0 Å². The van der Waals surface area contributed by atoms with Gasteiger partial charge in [-0.05, 0) is 25.7 Å². The summed E-state index contributed by atoms with van der Waals surface area (Å²) in [7, 11) is 0. The van der Waals surface area contributed by atoms with Crippen LogP contribution < -0.4 is 0 Å². The van der Waals surface area contributed by atoms with Crippen molar-refractivity contribution in [1.82, 2.24) is 9.80 Å². The number of ketones is 1. The second-order valence-electron chi connectivity index (χ2n) is 7.99. The molecule has 23 heavy (non-hydrogen) atoms. The molecule has 0 N–H and O–H groups in total. The Kier molecular flexibility index (Phi) is 5.48. The molecule has 0 atom stereocenters. The van der Waals surface area contributed by atoms with Crippen LogP contribution in [0.5, 0.6) is 0 Å². The zero-order valence-corrected chi connectivity index (χ0v) is 14.9. The van der Waals surface area contributed by atoms with Crippen LogP contribution in [0.4, 0.5) is 0 Å². The molecule has 5 nitrogen and oxygen atoms in total. The molecule has 1 saturated heterocycles. The van der Waals surface area contributed by atoms with Gasteiger partial charge in [0.2, 0.25) is 11.8 Å². The number of hydrogen-bond acceptors (Lipinski definition) is 3. The Morgan fingerprint density at radius 1 is 0.783 bits per heavy atom. The molecule has 2 fully saturated rings. The Balaban J connectivity index is 1.83. The third-order valence-corrected chi connectivity index (χ3v) is 5.22. The van der Waals surface area contributed by atoms with Crippen molar-refractivity contribution in [3.8, 4) is 0 Å². The van der Waals surface area contributed by atoms with Crippen molar-refractivity contribution in [2.24, 2.45) is 17.3 Å². The zero-order chi connectivity index (χ0) is 17.2. The molecule has 0 bridgehead atoms. The van der Waals surface area contributed by atoms with Crippen LogP contribution in [0.3, 0.4) is 0 Å². The van der Waals surface area contributed by atoms with Crippen LogP contribution in [0.2, 0.25) is 0 Å². The van der Waals surface area contributed by atoms with Gasteiger partial charge in [-0.2, -0.15) is 0 Å². The Labute approximate surface area is 139 Å². The molecule has 130 valence electrons. The maximum Gasteiger partial charge on any atom is 0.225 e. The quantitative estimate of drug-likeness (QED) is 0.782. The summed E-state index contributed by atoms with van der Waals surface area (Å²) in [5.74, 6) is 0.808. The molecule has 5 heteroatoms. The van der Waals surface area contributed by atoms with Gasteiger partial charge >= 0.3 is 0 Å². The van der Waals surface area contributed by atoms with E-state index >= 15 is 0 Å². The summed E-state index contributed by atoms with van der Waals surface area (Å²) in [5, 5.41) is 0. The lowest BCUT2D eigenvalue weighted by Crippen LogP contribution is -2.51. The lowest BCUT2D eigenvalue weighted by Gasteiger charge is -2.38. The summed E-state index contributed by atoms with van der Waals surface area (Å²) < 4.78 is 0. The zero-order valence-electron chi connectivity index (χ0n) is 14.9. The summed E-state index contributed by atoms with van der Waals surface area (Å²) in [6, 6.07) is 0. The van der Waals surface area contributed by atoms with E-state index in [1.165, 1.54) is 0 Å². The monoisotopic (exact) mass is 322 g/mol. The van der Waals surface area contributed by atoms with Gasteiger partial charge < -0.3 is 9.80 Å². The molecule has 2 amide bonds. The van der Waals surface area contributed by atoms with Crippen LogP contribution in [0.15, 0.2) is 0 Å². The average Bonchev–Trinajstić information content (AvgIpc) is 2.53. The van der Waals surface area contributed by atoms with E-state index in [1.807, 2.05) is 25.7 Å². The molecular formula is C18H30N2O3. The highest BCUT2D eigenvalue weighted by Crippen LogP contribution is 2.34. The van der Waals surface area contributed by atoms with E-state index in [0.717, 1.165) is 25.7 Å². The maximum absolute atomic E-state index is 12.6. The third-order valence-electron chi connectivity index (χ3n) is 5.22. The van der Waals surface area contributed by atoms with Crippen molar-refractivity contribution in [2.45, 2.75) is 53.4 Å². The fourth-order valence-corrected chi connectivity index (χ4v) is 3.71. The van der Waals surface area contributed by atoms with E-state index in [0.29, 0.717) is 32.0 Å². The van der Waals surface area contributed by atoms with Crippen molar-refractivity contribution in [3.63, 3.8) is 0 Å². The van der Waals surface area contributed by atoms with Crippen molar-refractivity contribution in [3.05, 3.63) is 0 Å². The predicted molar refractivity (Wildman–Crippen MR) is 88.7 cm³/mol. The number of nitrogens with zero attached hydrogens (tertiary/aromatic N) is 2. The summed E-state index contributed by atoms with van der Waals surface area (Å²) in [4.78, 5) is 40.0. The molecule has 1 saturated carbocycles. The van der Waals surface area contributed by atoms with Crippen LogP contribution in [0, 0.1) is 17.3 Å². The summed E-state index contributed by atoms with van der Waals surface area (Å²) in [6.07, 6.45) is 3.30. The third kappa shape index (κ3) is 4.33. The van der Waals surface area contributed by atoms with Gasteiger partial charge in [0.25, 0.3) is 0 Å². The van der Waals surface area contributed by atoms with Gasteiger partial charge in [-0.1, -0.05) is 20.8 Å². The Bertz CT molecular complexity index is 465. The van der Waals surface area contributed by atoms with E-state index in [1.54, 1.807) is 11.8 Å². The molecule has 0 radical (unpaired) electrons. The Morgan fingerprint density at radius 2 is 1.22 bits per heavy atom. The molecule has 1 aliphatic heterocycles. The number of carbonyl (C=O) groups excluding carboxylic acids is 3. The van der Waals surface area contributed by atoms with Gasteiger partial charge in [0, 0.05) is 50.4 Å². The average molecular weight is 322 g/mol. The van der Waals surface area contributed by atoms with Crippen LogP contribution in [-0.2, 0) is 14.4 Å². The van der Waals surface area contributed by atoms with Crippen molar-refractivity contribution in [1.29, 1.82) is 0 Å². The molecule has 0 aromatic rings. The summed E-state index contributed by atoms with van der Waals surface area (Å²) in [6.45, 7) is 10.0. The molecule has 2 aliphatic rings. The SMILES string of the molecule is CC(=O)N1CCN(C(=O)C2CCC(C(=O)C(C)(C)C)CC2)CC1. The molecule has 2 rings (SSSR count). The van der Waals surface area contributed by atoms with E-state index < -0.39 is 0 Å². The number of rotatable bonds is 2. The normalized spacial score (nSPS) is 26.1. The van der Waals surface area contributed by atoms with Gasteiger partial charge in [0.1, 0.15) is 5.78 Å². The van der Waals surface area contributed by atoms with Gasteiger partial charge in [-0.25, -0.2) is 0 Å².